The van der Waals surface area contributed by atoms with Gasteiger partial charge < -0.3 is 25.8 Å². The van der Waals surface area contributed by atoms with Crippen LogP contribution in [0.25, 0.3) is 10.9 Å². The number of H-pyrrole nitrogens is 1. The number of hydrogen-bond acceptors (Lipinski definition) is 4. The molecular formula is C25H24Cl3N5O4. The van der Waals surface area contributed by atoms with E-state index in [1.54, 1.807) is 25.3 Å². The van der Waals surface area contributed by atoms with Crippen molar-refractivity contribution < 1.29 is 19.2 Å². The second kappa shape index (κ2) is 11.4. The average molecular weight is 565 g/mol. The van der Waals surface area contributed by atoms with E-state index in [9.17, 15) is 19.2 Å². The zero-order chi connectivity index (χ0) is 26.7. The first-order valence-electron chi connectivity index (χ1n) is 11.5. The van der Waals surface area contributed by atoms with Crippen molar-refractivity contribution in [2.75, 3.05) is 13.1 Å². The van der Waals surface area contributed by atoms with Crippen LogP contribution in [-0.4, -0.2) is 58.7 Å². The van der Waals surface area contributed by atoms with Crippen molar-refractivity contribution in [3.8, 4) is 0 Å². The van der Waals surface area contributed by atoms with Gasteiger partial charge in [-0.25, -0.2) is 0 Å². The summed E-state index contributed by atoms with van der Waals surface area (Å²) in [7, 11) is 0. The molecular weight excluding hydrogens is 541 g/mol. The molecule has 4 N–H and O–H groups in total. The highest BCUT2D eigenvalue weighted by molar-refractivity contribution is 6.48. The van der Waals surface area contributed by atoms with Crippen LogP contribution < -0.4 is 16.0 Å². The van der Waals surface area contributed by atoms with Crippen molar-refractivity contribution >= 4 is 69.3 Å². The third-order valence-corrected chi connectivity index (χ3v) is 7.19. The van der Waals surface area contributed by atoms with Gasteiger partial charge in [0.1, 0.15) is 25.2 Å². The molecule has 4 rings (SSSR count). The van der Waals surface area contributed by atoms with Crippen LogP contribution >= 0.6 is 34.8 Å². The van der Waals surface area contributed by atoms with E-state index in [0.717, 1.165) is 21.4 Å². The lowest BCUT2D eigenvalue weighted by Gasteiger charge is -2.30. The van der Waals surface area contributed by atoms with E-state index in [2.05, 4.69) is 20.9 Å². The first-order valence-corrected chi connectivity index (χ1v) is 12.6. The molecule has 0 saturated carbocycles. The maximum atomic E-state index is 13.2. The molecule has 2 aromatic carbocycles. The summed E-state index contributed by atoms with van der Waals surface area (Å²) < 4.78 is 0. The normalized spacial score (nSPS) is 16.4. The number of nitrogens with zero attached hydrogens (tertiary/aromatic N) is 1. The third kappa shape index (κ3) is 6.36. The number of hydrogen-bond donors (Lipinski definition) is 4. The van der Waals surface area contributed by atoms with Crippen LogP contribution in [-0.2, 0) is 32.1 Å². The standard InChI is InChI=1S/C25H24Cl3N5O4/c1-13-25(37)33(11-21(34)31-13)12-22(35)32-20(8-15-10-29-19-5-3-2-4-16(15)19)24(36)30-9-14-6-17(26)23(28)18(27)7-14/h2-7,10,13,20,29H,8-9,11-12H2,1H3,(H,30,36)(H,31,34)(H,32,35). The number of nitrogens with one attached hydrogen (secondary N) is 4. The molecule has 4 amide bonds. The lowest BCUT2D eigenvalue weighted by molar-refractivity contribution is -0.146. The molecule has 1 aromatic heterocycles. The SMILES string of the molecule is CC1NC(=O)CN(CC(=O)NC(Cc2c[nH]c3ccccc23)C(=O)NCc2cc(Cl)c(Cl)c(Cl)c2)C1=O. The number of aromatic amines is 1. The summed E-state index contributed by atoms with van der Waals surface area (Å²) in [6.07, 6.45) is 1.98. The lowest BCUT2D eigenvalue weighted by atomic mass is 10.0. The molecule has 2 atom stereocenters. The van der Waals surface area contributed by atoms with Crippen LogP contribution in [0.2, 0.25) is 15.1 Å². The van der Waals surface area contributed by atoms with E-state index in [1.165, 1.54) is 0 Å². The van der Waals surface area contributed by atoms with Gasteiger partial charge in [-0.2, -0.15) is 0 Å². The Hall–Kier alpha value is -3.27. The Morgan fingerprint density at radius 3 is 2.57 bits per heavy atom. The number of aromatic nitrogens is 1. The van der Waals surface area contributed by atoms with Crippen molar-refractivity contribution in [1.29, 1.82) is 0 Å². The van der Waals surface area contributed by atoms with Gasteiger partial charge in [-0.05, 0) is 36.2 Å². The number of para-hydroxylation sites is 1. The second-order valence-corrected chi connectivity index (χ2v) is 9.95. The summed E-state index contributed by atoms with van der Waals surface area (Å²) in [5, 5.41) is 9.69. The lowest BCUT2D eigenvalue weighted by Crippen LogP contribution is -2.59. The molecule has 0 spiro atoms. The minimum absolute atomic E-state index is 0.0952. The summed E-state index contributed by atoms with van der Waals surface area (Å²) in [6.45, 7) is 1.06. The van der Waals surface area contributed by atoms with Gasteiger partial charge in [0, 0.05) is 30.1 Å². The number of rotatable bonds is 8. The Balaban J connectivity index is 1.50. The highest BCUT2D eigenvalue weighted by atomic mass is 35.5. The number of carbonyl (C=O) groups is 4. The number of amides is 4. The van der Waals surface area contributed by atoms with Gasteiger partial charge in [-0.15, -0.1) is 0 Å². The number of fused-ring (bicyclic) bond motifs is 1. The van der Waals surface area contributed by atoms with Crippen LogP contribution in [0.4, 0.5) is 0 Å². The number of carbonyl (C=O) groups excluding carboxylic acids is 4. The summed E-state index contributed by atoms with van der Waals surface area (Å²) in [5.74, 6) is -1.73. The third-order valence-electron chi connectivity index (χ3n) is 5.99. The van der Waals surface area contributed by atoms with Gasteiger partial charge >= 0.3 is 0 Å². The van der Waals surface area contributed by atoms with Gasteiger partial charge in [-0.3, -0.25) is 19.2 Å². The summed E-state index contributed by atoms with van der Waals surface area (Å²) in [5.41, 5.74) is 2.35. The van der Waals surface area contributed by atoms with Crippen LogP contribution in [0.1, 0.15) is 18.1 Å². The Morgan fingerprint density at radius 1 is 1.14 bits per heavy atom. The topological polar surface area (TPSA) is 123 Å². The quantitative estimate of drug-likeness (QED) is 0.314. The Labute approximate surface area is 227 Å². The molecule has 1 aliphatic rings. The number of halogens is 3. The van der Waals surface area contributed by atoms with Crippen LogP contribution in [0.3, 0.4) is 0 Å². The van der Waals surface area contributed by atoms with Crippen molar-refractivity contribution in [2.45, 2.75) is 32.0 Å². The first-order chi connectivity index (χ1) is 17.6. The molecule has 194 valence electrons. The molecule has 0 radical (unpaired) electrons. The highest BCUT2D eigenvalue weighted by Gasteiger charge is 2.32. The molecule has 1 saturated heterocycles. The number of benzene rings is 2. The van der Waals surface area contributed by atoms with Crippen molar-refractivity contribution in [2.24, 2.45) is 0 Å². The van der Waals surface area contributed by atoms with E-state index >= 15 is 0 Å². The Bertz CT molecular complexity index is 1350. The monoisotopic (exact) mass is 563 g/mol. The molecule has 1 aliphatic heterocycles. The molecule has 37 heavy (non-hydrogen) atoms. The van der Waals surface area contributed by atoms with E-state index in [1.807, 2.05) is 24.3 Å². The molecule has 3 aromatic rings. The Kier molecular flexibility index (Phi) is 8.26. The minimum Gasteiger partial charge on any atom is -0.361 e. The maximum Gasteiger partial charge on any atom is 0.245 e. The highest BCUT2D eigenvalue weighted by Crippen LogP contribution is 2.31. The number of piperazine rings is 1. The summed E-state index contributed by atoms with van der Waals surface area (Å²) >= 11 is 18.2. The van der Waals surface area contributed by atoms with E-state index in [0.29, 0.717) is 5.56 Å². The summed E-state index contributed by atoms with van der Waals surface area (Å²) in [6, 6.07) is 9.11. The molecule has 2 unspecified atom stereocenters. The second-order valence-electron chi connectivity index (χ2n) is 8.76. The van der Waals surface area contributed by atoms with Crippen molar-refractivity contribution in [3.63, 3.8) is 0 Å². The van der Waals surface area contributed by atoms with Crippen LogP contribution in [0, 0.1) is 0 Å². The van der Waals surface area contributed by atoms with Gasteiger partial charge in [0.15, 0.2) is 0 Å². The zero-order valence-corrected chi connectivity index (χ0v) is 22.0. The first kappa shape index (κ1) is 26.8. The van der Waals surface area contributed by atoms with Gasteiger partial charge in [0.2, 0.25) is 23.6 Å². The Morgan fingerprint density at radius 2 is 1.84 bits per heavy atom. The molecule has 12 heteroatoms. The average Bonchev–Trinajstić information content (AvgIpc) is 3.26. The smallest absolute Gasteiger partial charge is 0.245 e. The maximum absolute atomic E-state index is 13.2. The van der Waals surface area contributed by atoms with Crippen LogP contribution in [0.15, 0.2) is 42.6 Å². The zero-order valence-electron chi connectivity index (χ0n) is 19.7. The van der Waals surface area contributed by atoms with Crippen LogP contribution in [0.5, 0.6) is 0 Å². The molecule has 9 nitrogen and oxygen atoms in total. The molecule has 0 aliphatic carbocycles. The fourth-order valence-corrected chi connectivity index (χ4v) is 4.81. The molecule has 0 bridgehead atoms. The van der Waals surface area contributed by atoms with E-state index in [-0.39, 0.29) is 52.9 Å². The van der Waals surface area contributed by atoms with Gasteiger partial charge in [-0.1, -0.05) is 53.0 Å². The predicted octanol–water partition coefficient (Wildman–Crippen LogP) is 2.82. The molecule has 1 fully saturated rings. The largest absolute Gasteiger partial charge is 0.361 e. The minimum atomic E-state index is -0.962. The fraction of sp³-hybridized carbons (Fsp3) is 0.280. The summed E-state index contributed by atoms with van der Waals surface area (Å²) in [4.78, 5) is 54.7. The molecule has 2 heterocycles. The van der Waals surface area contributed by atoms with Gasteiger partial charge in [0.25, 0.3) is 0 Å². The van der Waals surface area contributed by atoms with Crippen molar-refractivity contribution in [3.05, 3.63) is 68.8 Å². The predicted molar refractivity (Wildman–Crippen MR) is 141 cm³/mol. The van der Waals surface area contributed by atoms with E-state index < -0.39 is 23.9 Å². The fourth-order valence-electron chi connectivity index (χ4n) is 4.17. The van der Waals surface area contributed by atoms with E-state index in [4.69, 9.17) is 34.8 Å². The van der Waals surface area contributed by atoms with Gasteiger partial charge in [0.05, 0.1) is 15.1 Å². The van der Waals surface area contributed by atoms with Crippen molar-refractivity contribution in [1.82, 2.24) is 25.8 Å².